The van der Waals surface area contributed by atoms with E-state index in [1.807, 2.05) is 0 Å². The number of carbonyl (C=O) groups excluding carboxylic acids is 1. The van der Waals surface area contributed by atoms with Crippen LogP contribution in [0.1, 0.15) is 11.1 Å². The molecule has 6 heteroatoms. The molecule has 1 N–H and O–H groups in total. The number of nitrogens with one attached hydrogen (secondary N) is 1. The molecule has 0 saturated carbocycles. The second-order valence-electron chi connectivity index (χ2n) is 3.77. The standard InChI is InChI=1S/C12H14F3NO2/c1-16-10(11(17)18-2)7-8-4-3-5-9(6-8)12(13,14)15/h3-6,10,16H,7H2,1-2H3/t10-/m0/s1. The first kappa shape index (κ1) is 14.5. The van der Waals surface area contributed by atoms with Gasteiger partial charge in [-0.2, -0.15) is 13.2 Å². The van der Waals surface area contributed by atoms with E-state index in [1.54, 1.807) is 13.1 Å². The van der Waals surface area contributed by atoms with Crippen LogP contribution in [0.25, 0.3) is 0 Å². The molecule has 0 aliphatic heterocycles. The molecular weight excluding hydrogens is 247 g/mol. The smallest absolute Gasteiger partial charge is 0.416 e. The minimum Gasteiger partial charge on any atom is -0.468 e. The maximum atomic E-state index is 12.5. The molecular formula is C12H14F3NO2. The number of methoxy groups -OCH3 is 1. The number of ether oxygens (including phenoxy) is 1. The maximum absolute atomic E-state index is 12.5. The summed E-state index contributed by atoms with van der Waals surface area (Å²) in [5, 5.41) is 2.70. The van der Waals surface area contributed by atoms with Crippen molar-refractivity contribution in [3.63, 3.8) is 0 Å². The van der Waals surface area contributed by atoms with Crippen molar-refractivity contribution in [1.82, 2.24) is 5.32 Å². The van der Waals surface area contributed by atoms with Crippen molar-refractivity contribution in [2.75, 3.05) is 14.2 Å². The highest BCUT2D eigenvalue weighted by molar-refractivity contribution is 5.76. The van der Waals surface area contributed by atoms with Crippen LogP contribution in [0.15, 0.2) is 24.3 Å². The summed E-state index contributed by atoms with van der Waals surface area (Å²) in [6.45, 7) is 0. The van der Waals surface area contributed by atoms with E-state index in [9.17, 15) is 18.0 Å². The Morgan fingerprint density at radius 3 is 2.61 bits per heavy atom. The lowest BCUT2D eigenvalue weighted by Crippen LogP contribution is -2.36. The third kappa shape index (κ3) is 3.73. The predicted molar refractivity (Wildman–Crippen MR) is 60.0 cm³/mol. The van der Waals surface area contributed by atoms with E-state index in [-0.39, 0.29) is 6.42 Å². The summed E-state index contributed by atoms with van der Waals surface area (Å²) in [6, 6.07) is 4.24. The summed E-state index contributed by atoms with van der Waals surface area (Å²) in [7, 11) is 2.79. The molecule has 0 aromatic heterocycles. The topological polar surface area (TPSA) is 38.3 Å². The molecule has 1 aromatic rings. The summed E-state index contributed by atoms with van der Waals surface area (Å²) in [5.74, 6) is -0.505. The molecule has 1 rings (SSSR count). The largest absolute Gasteiger partial charge is 0.468 e. The van der Waals surface area contributed by atoms with E-state index >= 15 is 0 Å². The van der Waals surface area contributed by atoms with Gasteiger partial charge in [-0.25, -0.2) is 0 Å². The number of benzene rings is 1. The summed E-state index contributed by atoms with van der Waals surface area (Å²) < 4.78 is 42.1. The van der Waals surface area contributed by atoms with Crippen molar-refractivity contribution in [2.45, 2.75) is 18.6 Å². The predicted octanol–water partition coefficient (Wildman–Crippen LogP) is 2.01. The van der Waals surface area contributed by atoms with Crippen LogP contribution in [0, 0.1) is 0 Å². The number of likely N-dealkylation sites (N-methyl/N-ethyl adjacent to an activating group) is 1. The second kappa shape index (κ2) is 5.86. The molecule has 0 fully saturated rings. The zero-order valence-corrected chi connectivity index (χ0v) is 10.0. The molecule has 18 heavy (non-hydrogen) atoms. The van der Waals surface area contributed by atoms with Crippen LogP contribution < -0.4 is 5.32 Å². The Kier molecular flexibility index (Phi) is 4.72. The summed E-state index contributed by atoms with van der Waals surface area (Å²) in [6.07, 6.45) is -4.23. The highest BCUT2D eigenvalue weighted by atomic mass is 19.4. The number of halogens is 3. The Balaban J connectivity index is 2.88. The highest BCUT2D eigenvalue weighted by Gasteiger charge is 2.30. The van der Waals surface area contributed by atoms with Crippen LogP contribution in [0.5, 0.6) is 0 Å². The van der Waals surface area contributed by atoms with Gasteiger partial charge in [-0.15, -0.1) is 0 Å². The minimum atomic E-state index is -4.38. The molecule has 0 unspecified atom stereocenters. The van der Waals surface area contributed by atoms with E-state index in [2.05, 4.69) is 10.1 Å². The lowest BCUT2D eigenvalue weighted by atomic mass is 10.0. The second-order valence-corrected chi connectivity index (χ2v) is 3.77. The van der Waals surface area contributed by atoms with Gasteiger partial charge in [0.05, 0.1) is 12.7 Å². The average molecular weight is 261 g/mol. The fourth-order valence-corrected chi connectivity index (χ4v) is 1.56. The molecule has 0 amide bonds. The Morgan fingerprint density at radius 2 is 2.11 bits per heavy atom. The first-order valence-corrected chi connectivity index (χ1v) is 5.29. The molecule has 1 aromatic carbocycles. The van der Waals surface area contributed by atoms with E-state index in [0.717, 1.165) is 12.1 Å². The number of carbonyl (C=O) groups is 1. The van der Waals surface area contributed by atoms with Gasteiger partial charge in [0.2, 0.25) is 0 Å². The zero-order chi connectivity index (χ0) is 13.8. The third-order valence-electron chi connectivity index (χ3n) is 2.53. The average Bonchev–Trinajstić information content (AvgIpc) is 2.34. The Labute approximate surface area is 103 Å². The summed E-state index contributed by atoms with van der Waals surface area (Å²) in [5.41, 5.74) is -0.297. The van der Waals surface area contributed by atoms with Crippen LogP contribution in [0.4, 0.5) is 13.2 Å². The van der Waals surface area contributed by atoms with Crippen LogP contribution in [-0.2, 0) is 22.1 Å². The van der Waals surface area contributed by atoms with E-state index in [4.69, 9.17) is 0 Å². The van der Waals surface area contributed by atoms with Crippen molar-refractivity contribution < 1.29 is 22.7 Å². The Hall–Kier alpha value is -1.56. The van der Waals surface area contributed by atoms with Gasteiger partial charge in [0.1, 0.15) is 6.04 Å². The van der Waals surface area contributed by atoms with Crippen molar-refractivity contribution in [3.8, 4) is 0 Å². The van der Waals surface area contributed by atoms with Gasteiger partial charge in [0.25, 0.3) is 0 Å². The Bertz CT molecular complexity index is 418. The van der Waals surface area contributed by atoms with E-state index < -0.39 is 23.8 Å². The van der Waals surface area contributed by atoms with Crippen molar-refractivity contribution >= 4 is 5.97 Å². The molecule has 0 heterocycles. The molecule has 0 bridgehead atoms. The molecule has 1 atom stereocenters. The number of alkyl halides is 3. The minimum absolute atomic E-state index is 0.146. The van der Waals surface area contributed by atoms with Crippen LogP contribution in [-0.4, -0.2) is 26.2 Å². The highest BCUT2D eigenvalue weighted by Crippen LogP contribution is 2.29. The SMILES string of the molecule is CN[C@@H](Cc1cccc(C(F)(F)F)c1)C(=O)OC. The van der Waals surface area contributed by atoms with Crippen LogP contribution in [0.2, 0.25) is 0 Å². The van der Waals surface area contributed by atoms with Gasteiger partial charge < -0.3 is 10.1 Å². The fraction of sp³-hybridized carbons (Fsp3) is 0.417. The number of hydrogen-bond donors (Lipinski definition) is 1. The van der Waals surface area contributed by atoms with Crippen molar-refractivity contribution in [3.05, 3.63) is 35.4 Å². The number of hydrogen-bond acceptors (Lipinski definition) is 3. The molecule has 100 valence electrons. The van der Waals surface area contributed by atoms with Crippen molar-refractivity contribution in [2.24, 2.45) is 0 Å². The van der Waals surface area contributed by atoms with E-state index in [0.29, 0.717) is 5.56 Å². The quantitative estimate of drug-likeness (QED) is 0.843. The fourth-order valence-electron chi connectivity index (χ4n) is 1.56. The monoisotopic (exact) mass is 261 g/mol. The number of rotatable bonds is 4. The summed E-state index contributed by atoms with van der Waals surface area (Å²) in [4.78, 5) is 11.3. The Morgan fingerprint density at radius 1 is 1.44 bits per heavy atom. The van der Waals surface area contributed by atoms with Crippen LogP contribution >= 0.6 is 0 Å². The molecule has 0 spiro atoms. The molecule has 0 radical (unpaired) electrons. The maximum Gasteiger partial charge on any atom is 0.416 e. The lowest BCUT2D eigenvalue weighted by Gasteiger charge is -2.14. The first-order valence-electron chi connectivity index (χ1n) is 5.29. The third-order valence-corrected chi connectivity index (χ3v) is 2.53. The molecule has 0 aliphatic carbocycles. The summed E-state index contributed by atoms with van der Waals surface area (Å²) >= 11 is 0. The van der Waals surface area contributed by atoms with Crippen LogP contribution in [0.3, 0.4) is 0 Å². The normalized spacial score (nSPS) is 13.2. The van der Waals surface area contributed by atoms with Gasteiger partial charge in [-0.05, 0) is 25.1 Å². The first-order chi connectivity index (χ1) is 8.38. The molecule has 3 nitrogen and oxygen atoms in total. The van der Waals surface area contributed by atoms with Gasteiger partial charge >= 0.3 is 12.1 Å². The molecule has 0 aliphatic rings. The number of esters is 1. The zero-order valence-electron chi connectivity index (χ0n) is 10.0. The van der Waals surface area contributed by atoms with Crippen molar-refractivity contribution in [1.29, 1.82) is 0 Å². The van der Waals surface area contributed by atoms with Gasteiger partial charge in [-0.3, -0.25) is 4.79 Å². The van der Waals surface area contributed by atoms with Gasteiger partial charge in [-0.1, -0.05) is 18.2 Å². The molecule has 0 saturated heterocycles. The van der Waals surface area contributed by atoms with E-state index in [1.165, 1.54) is 13.2 Å². The van der Waals surface area contributed by atoms with Gasteiger partial charge in [0.15, 0.2) is 0 Å². The van der Waals surface area contributed by atoms with Gasteiger partial charge in [0, 0.05) is 0 Å². The lowest BCUT2D eigenvalue weighted by molar-refractivity contribution is -0.142.